The molecule has 0 bridgehead atoms. The molecule has 0 aliphatic carbocycles. The first-order chi connectivity index (χ1) is 9.49. The van der Waals surface area contributed by atoms with E-state index in [0.717, 1.165) is 0 Å². The van der Waals surface area contributed by atoms with Gasteiger partial charge in [-0.1, -0.05) is 12.1 Å². The summed E-state index contributed by atoms with van der Waals surface area (Å²) >= 11 is 0. The predicted molar refractivity (Wildman–Crippen MR) is 73.8 cm³/mol. The fraction of sp³-hybridized carbons (Fsp3) is 0.500. The molecule has 0 aliphatic rings. The molecule has 0 saturated carbocycles. The highest BCUT2D eigenvalue weighted by Gasteiger charge is 2.19. The number of ether oxygens (including phenoxy) is 1. The van der Waals surface area contributed by atoms with Crippen molar-refractivity contribution in [2.45, 2.75) is 25.0 Å². The number of carbonyl (C=O) groups is 1. The van der Waals surface area contributed by atoms with Crippen LogP contribution in [0.4, 0.5) is 0 Å². The fourth-order valence-corrected chi connectivity index (χ4v) is 1.93. The summed E-state index contributed by atoms with van der Waals surface area (Å²) < 4.78 is 5.13. The number of benzene rings is 1. The largest absolute Gasteiger partial charge is 0.496 e. The van der Waals surface area contributed by atoms with Gasteiger partial charge in [0.25, 0.3) is 0 Å². The maximum Gasteiger partial charge on any atom is 0.307 e. The lowest BCUT2D eigenvalue weighted by Gasteiger charge is -2.19. The summed E-state index contributed by atoms with van der Waals surface area (Å²) in [5, 5.41) is 31.6. The first-order valence-corrected chi connectivity index (χ1v) is 6.39. The third kappa shape index (κ3) is 4.48. The number of carboxylic acids is 1. The van der Waals surface area contributed by atoms with Crippen molar-refractivity contribution < 1.29 is 24.9 Å². The highest BCUT2D eigenvalue weighted by atomic mass is 16.5. The van der Waals surface area contributed by atoms with E-state index in [0.29, 0.717) is 29.8 Å². The van der Waals surface area contributed by atoms with E-state index >= 15 is 0 Å². The Labute approximate surface area is 118 Å². The van der Waals surface area contributed by atoms with Crippen LogP contribution in [0.3, 0.4) is 0 Å². The number of hydrogen-bond acceptors (Lipinski definition) is 5. The number of aliphatic hydroxyl groups is 2. The number of aliphatic hydroxyl groups excluding tert-OH is 2. The molecule has 2 atom stereocenters. The molecule has 1 rings (SSSR count). The Balaban J connectivity index is 2.88. The van der Waals surface area contributed by atoms with Gasteiger partial charge in [0.05, 0.1) is 19.6 Å². The maximum absolute atomic E-state index is 10.7. The zero-order chi connectivity index (χ0) is 15.1. The lowest BCUT2D eigenvalue weighted by Crippen LogP contribution is -2.23. The van der Waals surface area contributed by atoms with Crippen LogP contribution in [0.15, 0.2) is 18.2 Å². The third-order valence-corrected chi connectivity index (χ3v) is 3.05. The number of rotatable bonds is 8. The first-order valence-electron chi connectivity index (χ1n) is 6.39. The monoisotopic (exact) mass is 283 g/mol. The van der Waals surface area contributed by atoms with Crippen molar-refractivity contribution in [2.75, 3.05) is 20.7 Å². The van der Waals surface area contributed by atoms with Crippen LogP contribution in [0.2, 0.25) is 0 Å². The van der Waals surface area contributed by atoms with Crippen molar-refractivity contribution in [1.29, 1.82) is 0 Å². The minimum atomic E-state index is -1.03. The van der Waals surface area contributed by atoms with Gasteiger partial charge in [0.15, 0.2) is 0 Å². The summed E-state index contributed by atoms with van der Waals surface area (Å²) in [6.45, 7) is 0.590. The Hall–Kier alpha value is -1.63. The molecule has 6 nitrogen and oxygen atoms in total. The highest BCUT2D eigenvalue weighted by molar-refractivity contribution is 5.71. The van der Waals surface area contributed by atoms with Crippen LogP contribution < -0.4 is 10.1 Å². The van der Waals surface area contributed by atoms with Crippen LogP contribution in [0.25, 0.3) is 0 Å². The number of carboxylic acid groups (broad SMARTS) is 1. The van der Waals surface area contributed by atoms with Crippen LogP contribution in [-0.2, 0) is 11.2 Å². The summed E-state index contributed by atoms with van der Waals surface area (Å²) in [4.78, 5) is 10.7. The van der Waals surface area contributed by atoms with Crippen LogP contribution >= 0.6 is 0 Å². The maximum atomic E-state index is 10.7. The number of hydrogen-bond donors (Lipinski definition) is 4. The van der Waals surface area contributed by atoms with Gasteiger partial charge < -0.3 is 25.4 Å². The SMILES string of the molecule is CNCCC(O)C(O)c1ccc(CC(=O)O)c(OC)c1. The fourth-order valence-electron chi connectivity index (χ4n) is 1.93. The molecule has 0 spiro atoms. The molecule has 112 valence electrons. The van der Waals surface area contributed by atoms with E-state index in [1.807, 2.05) is 0 Å². The second kappa shape index (κ2) is 7.84. The van der Waals surface area contributed by atoms with Crippen molar-refractivity contribution in [3.05, 3.63) is 29.3 Å². The van der Waals surface area contributed by atoms with E-state index in [4.69, 9.17) is 9.84 Å². The van der Waals surface area contributed by atoms with E-state index in [2.05, 4.69) is 5.32 Å². The van der Waals surface area contributed by atoms with Crippen LogP contribution in [0.1, 0.15) is 23.7 Å². The summed E-state index contributed by atoms with van der Waals surface area (Å²) in [6, 6.07) is 4.76. The second-order valence-corrected chi connectivity index (χ2v) is 4.55. The van der Waals surface area contributed by atoms with Crippen LogP contribution in [0.5, 0.6) is 5.75 Å². The van der Waals surface area contributed by atoms with Gasteiger partial charge in [0, 0.05) is 5.56 Å². The second-order valence-electron chi connectivity index (χ2n) is 4.55. The average Bonchev–Trinajstić information content (AvgIpc) is 2.43. The predicted octanol–water partition coefficient (Wildman–Crippen LogP) is 0.326. The molecule has 6 heteroatoms. The minimum Gasteiger partial charge on any atom is -0.496 e. The van der Waals surface area contributed by atoms with Gasteiger partial charge in [0.2, 0.25) is 0 Å². The summed E-state index contributed by atoms with van der Waals surface area (Å²) in [5.74, 6) is -0.560. The van der Waals surface area contributed by atoms with Crippen LogP contribution in [-0.4, -0.2) is 48.1 Å². The molecule has 0 fully saturated rings. The molecule has 2 unspecified atom stereocenters. The van der Waals surface area contributed by atoms with Crippen molar-refractivity contribution in [3.63, 3.8) is 0 Å². The van der Waals surface area contributed by atoms with E-state index in [1.165, 1.54) is 7.11 Å². The lowest BCUT2D eigenvalue weighted by molar-refractivity contribution is -0.136. The van der Waals surface area contributed by atoms with Gasteiger partial charge in [0.1, 0.15) is 11.9 Å². The summed E-state index contributed by atoms with van der Waals surface area (Å²) in [7, 11) is 3.21. The topological polar surface area (TPSA) is 99.0 Å². The Morgan fingerprint density at radius 1 is 1.40 bits per heavy atom. The van der Waals surface area contributed by atoms with E-state index in [9.17, 15) is 15.0 Å². The number of nitrogens with one attached hydrogen (secondary N) is 1. The molecule has 20 heavy (non-hydrogen) atoms. The first kappa shape index (κ1) is 16.4. The van der Waals surface area contributed by atoms with E-state index in [1.54, 1.807) is 25.2 Å². The molecule has 4 N–H and O–H groups in total. The van der Waals surface area contributed by atoms with Crippen molar-refractivity contribution in [1.82, 2.24) is 5.32 Å². The van der Waals surface area contributed by atoms with Crippen molar-refractivity contribution in [2.24, 2.45) is 0 Å². The molecule has 0 aliphatic heterocycles. The Bertz CT molecular complexity index is 449. The third-order valence-electron chi connectivity index (χ3n) is 3.05. The van der Waals surface area contributed by atoms with Gasteiger partial charge in [-0.05, 0) is 31.6 Å². The number of methoxy groups -OCH3 is 1. The Morgan fingerprint density at radius 2 is 2.10 bits per heavy atom. The molecular weight excluding hydrogens is 262 g/mol. The molecule has 0 heterocycles. The Morgan fingerprint density at radius 3 is 2.65 bits per heavy atom. The zero-order valence-corrected chi connectivity index (χ0v) is 11.7. The van der Waals surface area contributed by atoms with E-state index in [-0.39, 0.29) is 6.42 Å². The molecule has 1 aromatic rings. The lowest BCUT2D eigenvalue weighted by atomic mass is 9.99. The molecule has 0 saturated heterocycles. The molecule has 0 amide bonds. The van der Waals surface area contributed by atoms with Crippen molar-refractivity contribution >= 4 is 5.97 Å². The zero-order valence-electron chi connectivity index (χ0n) is 11.7. The minimum absolute atomic E-state index is 0.151. The molecule has 1 aromatic carbocycles. The standard InChI is InChI=1S/C14H21NO5/c1-15-6-5-11(16)14(19)10-4-3-9(8-13(17)18)12(7-10)20-2/h3-4,7,11,14-16,19H,5-6,8H2,1-2H3,(H,17,18). The molecule has 0 aromatic heterocycles. The van der Waals surface area contributed by atoms with Gasteiger partial charge in [-0.15, -0.1) is 0 Å². The van der Waals surface area contributed by atoms with Gasteiger partial charge in [-0.3, -0.25) is 4.79 Å². The highest BCUT2D eigenvalue weighted by Crippen LogP contribution is 2.26. The smallest absolute Gasteiger partial charge is 0.307 e. The van der Waals surface area contributed by atoms with Gasteiger partial charge in [-0.2, -0.15) is 0 Å². The average molecular weight is 283 g/mol. The van der Waals surface area contributed by atoms with Crippen molar-refractivity contribution in [3.8, 4) is 5.75 Å². The van der Waals surface area contributed by atoms with E-state index < -0.39 is 18.2 Å². The van der Waals surface area contributed by atoms with Gasteiger partial charge in [-0.25, -0.2) is 0 Å². The summed E-state index contributed by atoms with van der Waals surface area (Å²) in [6.07, 6.45) is -1.66. The quantitative estimate of drug-likeness (QED) is 0.548. The summed E-state index contributed by atoms with van der Waals surface area (Å²) in [5.41, 5.74) is 1.03. The molecule has 0 radical (unpaired) electrons. The van der Waals surface area contributed by atoms with Crippen LogP contribution in [0, 0.1) is 0 Å². The normalized spacial score (nSPS) is 13.8. The Kier molecular flexibility index (Phi) is 6.44. The molecular formula is C14H21NO5. The van der Waals surface area contributed by atoms with Gasteiger partial charge >= 0.3 is 5.97 Å². The number of aliphatic carboxylic acids is 1.